The predicted molar refractivity (Wildman–Crippen MR) is 102 cm³/mol. The van der Waals surface area contributed by atoms with Gasteiger partial charge in [0.05, 0.1) is 10.7 Å². The number of carboxylic acid groups (broad SMARTS) is 1. The molecule has 0 aliphatic rings. The van der Waals surface area contributed by atoms with Gasteiger partial charge in [0.15, 0.2) is 0 Å². The van der Waals surface area contributed by atoms with Gasteiger partial charge in [0.1, 0.15) is 11.4 Å². The first-order valence-corrected chi connectivity index (χ1v) is 8.99. The average molecular weight is 380 g/mol. The first kappa shape index (κ1) is 17.0. The Morgan fingerprint density at radius 2 is 2.00 bits per heavy atom. The molecule has 27 heavy (non-hydrogen) atoms. The maximum Gasteiger partial charge on any atom is 0.335 e. The maximum atomic E-state index is 11.2. The van der Waals surface area contributed by atoms with E-state index in [1.54, 1.807) is 12.1 Å². The van der Waals surface area contributed by atoms with Gasteiger partial charge in [0.25, 0.3) is 5.82 Å². The summed E-state index contributed by atoms with van der Waals surface area (Å²) in [6.45, 7) is 0. The van der Waals surface area contributed by atoms with E-state index in [1.807, 2.05) is 36.5 Å². The second kappa shape index (κ2) is 7.04. The monoisotopic (exact) mass is 380 g/mol. The summed E-state index contributed by atoms with van der Waals surface area (Å²) in [7, 11) is 0. The summed E-state index contributed by atoms with van der Waals surface area (Å²) in [5, 5.41) is 20.3. The number of rotatable bonds is 6. The second-order valence-corrected chi connectivity index (χ2v) is 6.81. The van der Waals surface area contributed by atoms with Gasteiger partial charge in [-0.2, -0.15) is 0 Å². The fourth-order valence-electron chi connectivity index (χ4n) is 2.81. The van der Waals surface area contributed by atoms with Gasteiger partial charge in [-0.05, 0) is 63.8 Å². The molecule has 0 spiro atoms. The summed E-state index contributed by atoms with van der Waals surface area (Å²) in [6, 6.07) is 13.3. The number of aromatic nitrogens is 4. The molecule has 4 rings (SSSR count). The number of nitrogens with one attached hydrogen (secondary N) is 3. The molecule has 8 nitrogen and oxygen atoms in total. The highest BCUT2D eigenvalue weighted by atomic mass is 32.2. The van der Waals surface area contributed by atoms with Gasteiger partial charge in [-0.15, -0.1) is 10.0 Å². The zero-order chi connectivity index (χ0) is 18.8. The minimum Gasteiger partial charge on any atom is -0.481 e. The summed E-state index contributed by atoms with van der Waals surface area (Å²) < 4.78 is 0. The number of benzene rings is 2. The molecule has 0 amide bonds. The van der Waals surface area contributed by atoms with Crippen LogP contribution in [-0.4, -0.2) is 32.0 Å². The number of carbonyl (C=O) groups is 1. The first-order valence-electron chi connectivity index (χ1n) is 8.01. The standard InChI is InChI=1S/C18H13N5O3S/c24-16(25)9-27-18-20-17(21-22-18)13-5-12(6-14(7-13)23-26)11-2-1-10-3-4-19-15(10)8-11/h1-8,19H,9H2,(H,24,25)(H,20,21,22)/p+1. The van der Waals surface area contributed by atoms with Crippen molar-refractivity contribution in [3.05, 3.63) is 53.6 Å². The Kier molecular flexibility index (Phi) is 4.43. The summed E-state index contributed by atoms with van der Waals surface area (Å²) in [5.74, 6) is -0.458. The first-order chi connectivity index (χ1) is 13.1. The Hall–Kier alpha value is -3.46. The summed E-state index contributed by atoms with van der Waals surface area (Å²) >= 11 is 1.07. The number of fused-ring (bicyclic) bond motifs is 1. The highest BCUT2D eigenvalue weighted by molar-refractivity contribution is 7.99. The number of nitrogens with zero attached hydrogens (tertiary/aromatic N) is 2. The lowest BCUT2D eigenvalue weighted by Crippen LogP contribution is -2.07. The molecule has 0 aliphatic carbocycles. The molecule has 0 bridgehead atoms. The van der Waals surface area contributed by atoms with E-state index in [4.69, 9.17) is 5.11 Å². The van der Waals surface area contributed by atoms with Crippen molar-refractivity contribution >= 4 is 34.3 Å². The second-order valence-electron chi connectivity index (χ2n) is 5.85. The number of H-pyrrole nitrogens is 3. The minimum atomic E-state index is -0.924. The molecule has 2 aromatic heterocycles. The lowest BCUT2D eigenvalue weighted by atomic mass is 10.0. The fraction of sp³-hybridized carbons (Fsp3) is 0.0556. The number of hydrogen-bond acceptors (Lipinski definition) is 5. The summed E-state index contributed by atoms with van der Waals surface area (Å²) in [6.07, 6.45) is 1.87. The molecule has 4 aromatic rings. The topological polar surface area (TPSA) is 125 Å². The molecule has 0 saturated carbocycles. The van der Waals surface area contributed by atoms with Crippen molar-refractivity contribution in [2.45, 2.75) is 5.16 Å². The van der Waals surface area contributed by atoms with E-state index in [2.05, 4.69) is 25.3 Å². The van der Waals surface area contributed by atoms with Crippen LogP contribution in [0.2, 0.25) is 0 Å². The summed E-state index contributed by atoms with van der Waals surface area (Å²) in [4.78, 5) is 28.0. The van der Waals surface area contributed by atoms with E-state index in [0.717, 1.165) is 33.8 Å². The van der Waals surface area contributed by atoms with Crippen molar-refractivity contribution in [3.63, 3.8) is 0 Å². The van der Waals surface area contributed by atoms with E-state index in [0.29, 0.717) is 16.5 Å². The summed E-state index contributed by atoms with van der Waals surface area (Å²) in [5.41, 5.74) is 3.76. The largest absolute Gasteiger partial charge is 0.481 e. The van der Waals surface area contributed by atoms with Crippen LogP contribution in [0, 0.1) is 4.91 Å². The van der Waals surface area contributed by atoms with Gasteiger partial charge >= 0.3 is 11.1 Å². The Morgan fingerprint density at radius 3 is 2.81 bits per heavy atom. The van der Waals surface area contributed by atoms with E-state index >= 15 is 0 Å². The molecular formula is C18H14N5O3S+. The van der Waals surface area contributed by atoms with Crippen molar-refractivity contribution in [3.8, 4) is 22.5 Å². The lowest BCUT2D eigenvalue weighted by molar-refractivity contribution is -0.414. The van der Waals surface area contributed by atoms with Crippen molar-refractivity contribution in [1.29, 1.82) is 0 Å². The molecule has 0 unspecified atom stereocenters. The Bertz CT molecular complexity index is 1150. The number of hydrogen-bond donors (Lipinski definition) is 3. The quantitative estimate of drug-likeness (QED) is 0.348. The highest BCUT2D eigenvalue weighted by Gasteiger charge is 2.16. The molecule has 0 radical (unpaired) electrons. The molecule has 9 heteroatoms. The molecule has 0 fully saturated rings. The van der Waals surface area contributed by atoms with Crippen LogP contribution < -0.4 is 4.98 Å². The number of thioether (sulfide) groups is 1. The Balaban J connectivity index is 1.72. The number of aromatic amines is 3. The van der Waals surface area contributed by atoms with E-state index in [-0.39, 0.29) is 11.4 Å². The van der Waals surface area contributed by atoms with Gasteiger partial charge < -0.3 is 10.1 Å². The molecule has 0 aliphatic heterocycles. The number of nitroso groups, excluding NO2 is 1. The Labute approximate surface area is 157 Å². The SMILES string of the molecule is O=Nc1cc(-c2ccc3cc[nH]c3c2)cc(-c2[nH]nc(SCC(=O)O)[nH+]2)c1. The molecule has 0 saturated heterocycles. The zero-order valence-corrected chi connectivity index (χ0v) is 14.7. The predicted octanol–water partition coefficient (Wildman–Crippen LogP) is 3.61. The molecule has 2 aromatic carbocycles. The van der Waals surface area contributed by atoms with Gasteiger partial charge in [0, 0.05) is 11.7 Å². The van der Waals surface area contributed by atoms with Crippen molar-refractivity contribution in [2.24, 2.45) is 5.18 Å². The van der Waals surface area contributed by atoms with Gasteiger partial charge in [-0.1, -0.05) is 12.1 Å². The van der Waals surface area contributed by atoms with Crippen molar-refractivity contribution in [2.75, 3.05) is 5.75 Å². The van der Waals surface area contributed by atoms with E-state index < -0.39 is 5.97 Å². The normalized spacial score (nSPS) is 11.0. The van der Waals surface area contributed by atoms with Crippen LogP contribution in [0.3, 0.4) is 0 Å². The number of carboxylic acids is 1. The molecule has 2 heterocycles. The zero-order valence-electron chi connectivity index (χ0n) is 13.9. The van der Waals surface area contributed by atoms with Gasteiger partial charge in [0.2, 0.25) is 0 Å². The van der Waals surface area contributed by atoms with E-state index in [1.165, 1.54) is 0 Å². The molecule has 134 valence electrons. The van der Waals surface area contributed by atoms with Crippen LogP contribution in [0.4, 0.5) is 5.69 Å². The van der Waals surface area contributed by atoms with Crippen LogP contribution in [0.15, 0.2) is 59.0 Å². The van der Waals surface area contributed by atoms with E-state index in [9.17, 15) is 9.70 Å². The number of aliphatic carboxylic acids is 1. The lowest BCUT2D eigenvalue weighted by Gasteiger charge is -2.05. The molecule has 4 N–H and O–H groups in total. The maximum absolute atomic E-state index is 11.2. The van der Waals surface area contributed by atoms with Crippen LogP contribution in [-0.2, 0) is 4.79 Å². The van der Waals surface area contributed by atoms with Gasteiger partial charge in [-0.25, -0.2) is 4.98 Å². The third-order valence-corrected chi connectivity index (χ3v) is 4.89. The van der Waals surface area contributed by atoms with Crippen LogP contribution in [0.1, 0.15) is 0 Å². The van der Waals surface area contributed by atoms with Gasteiger partial charge in [-0.3, -0.25) is 4.79 Å². The van der Waals surface area contributed by atoms with Crippen LogP contribution in [0.25, 0.3) is 33.4 Å². The highest BCUT2D eigenvalue weighted by Crippen LogP contribution is 2.31. The molecule has 0 atom stereocenters. The third-order valence-electron chi connectivity index (χ3n) is 4.03. The minimum absolute atomic E-state index is 0.0991. The van der Waals surface area contributed by atoms with Crippen molar-refractivity contribution < 1.29 is 14.9 Å². The van der Waals surface area contributed by atoms with Crippen LogP contribution >= 0.6 is 11.8 Å². The smallest absolute Gasteiger partial charge is 0.335 e. The van der Waals surface area contributed by atoms with Crippen LogP contribution in [0.5, 0.6) is 0 Å². The Morgan fingerprint density at radius 1 is 1.15 bits per heavy atom. The third kappa shape index (κ3) is 3.58. The van der Waals surface area contributed by atoms with Crippen molar-refractivity contribution in [1.82, 2.24) is 15.2 Å². The fourth-order valence-corrected chi connectivity index (χ4v) is 3.35. The molecular weight excluding hydrogens is 366 g/mol. The average Bonchev–Trinajstić information content (AvgIpc) is 3.34.